The average Bonchev–Trinajstić information content (AvgIpc) is 2.16. The fourth-order valence-corrected chi connectivity index (χ4v) is 0.473. The van der Waals surface area contributed by atoms with Gasteiger partial charge < -0.3 is 0 Å². The predicted octanol–water partition coefficient (Wildman–Crippen LogP) is 3.21. The lowest BCUT2D eigenvalue weighted by Gasteiger charge is -1.73. The highest BCUT2D eigenvalue weighted by atomic mass is 13.7. The summed E-state index contributed by atoms with van der Waals surface area (Å²) < 4.78 is 0. The monoisotopic (exact) mass is 166 g/mol. The molecule has 0 rings (SSSR count). The van der Waals surface area contributed by atoms with E-state index < -0.39 is 0 Å². The molecule has 0 aliphatic heterocycles. The van der Waals surface area contributed by atoms with Crippen molar-refractivity contribution >= 4 is 0 Å². The molecule has 0 spiro atoms. The zero-order valence-electron chi connectivity index (χ0n) is 7.70. The highest BCUT2D eigenvalue weighted by molar-refractivity contribution is 4.90. The minimum Gasteiger partial charge on any atom is -0.0687 e. The molecule has 0 aromatic heterocycles. The summed E-state index contributed by atoms with van der Waals surface area (Å²) in [5.74, 6) is 0. The van der Waals surface area contributed by atoms with Gasteiger partial charge in [-0.05, 0) is 53.5 Å². The first-order valence-electron chi connectivity index (χ1n) is 4.01. The molecule has 0 N–H and O–H groups in total. The quantitative estimate of drug-likeness (QED) is 0.552. The Hall–Kier alpha value is -2.02. The highest BCUT2D eigenvalue weighted by Crippen LogP contribution is 1.84. The lowest BCUT2D eigenvalue weighted by atomic mass is 10.3. The van der Waals surface area contributed by atoms with Crippen molar-refractivity contribution in [3.05, 3.63) is 58.5 Å². The van der Waals surface area contributed by atoms with Crippen LogP contribution in [0.2, 0.25) is 0 Å². The fourth-order valence-electron chi connectivity index (χ4n) is 0.473. The van der Waals surface area contributed by atoms with E-state index in [4.69, 9.17) is 0 Å². The van der Waals surface area contributed by atoms with Gasteiger partial charge in [0.25, 0.3) is 0 Å². The van der Waals surface area contributed by atoms with E-state index in [-0.39, 0.29) is 0 Å². The third kappa shape index (κ3) is 9.98. The number of hydrogen-bond acceptors (Lipinski definition) is 0. The second-order valence-corrected chi connectivity index (χ2v) is 2.06. The van der Waals surface area contributed by atoms with Gasteiger partial charge >= 0.3 is 0 Å². The molecule has 13 heavy (non-hydrogen) atoms. The third-order valence-corrected chi connectivity index (χ3v) is 1.01. The van der Waals surface area contributed by atoms with Crippen LogP contribution < -0.4 is 0 Å². The van der Waals surface area contributed by atoms with Gasteiger partial charge in [0, 0.05) is 0 Å². The van der Waals surface area contributed by atoms with Gasteiger partial charge in [0.1, 0.15) is 0 Å². The number of rotatable bonds is 2. The molecule has 62 valence electrons. The summed E-state index contributed by atoms with van der Waals surface area (Å²) >= 11 is 0. The first-order chi connectivity index (χ1) is 6.41. The molecule has 0 saturated carbocycles. The standard InChI is InChI=1S/C13H10/c1-3-5-7-9-11-13-12-10-8-6-4-2/h8H,1,4,6H2,2H3. The van der Waals surface area contributed by atoms with Gasteiger partial charge in [-0.3, -0.25) is 0 Å². The maximum absolute atomic E-state index is 3.31. The van der Waals surface area contributed by atoms with Gasteiger partial charge in [0.05, 0.1) is 0 Å². The summed E-state index contributed by atoms with van der Waals surface area (Å²) in [5, 5.41) is 0. The number of unbranched alkanes of at least 4 members (excludes halogenated alkanes) is 1. The summed E-state index contributed by atoms with van der Waals surface area (Å²) in [6, 6.07) is 0. The molecule has 0 aliphatic carbocycles. The van der Waals surface area contributed by atoms with E-state index in [1.807, 2.05) is 6.08 Å². The topological polar surface area (TPSA) is 0 Å². The molecule has 0 aromatic rings. The van der Waals surface area contributed by atoms with Crippen LogP contribution in [0.4, 0.5) is 0 Å². The molecule has 0 fully saturated rings. The van der Waals surface area contributed by atoms with E-state index in [0.29, 0.717) is 0 Å². The van der Waals surface area contributed by atoms with Crippen LogP contribution in [0.1, 0.15) is 19.8 Å². The lowest BCUT2D eigenvalue weighted by Crippen LogP contribution is -1.54. The Kier molecular flexibility index (Phi) is 8.43. The number of hydrogen-bond donors (Lipinski definition) is 0. The Morgan fingerprint density at radius 2 is 1.62 bits per heavy atom. The zero-order chi connectivity index (χ0) is 9.78. The predicted molar refractivity (Wildman–Crippen MR) is 53.2 cm³/mol. The van der Waals surface area contributed by atoms with Crippen molar-refractivity contribution in [1.82, 2.24) is 0 Å². The van der Waals surface area contributed by atoms with Crippen molar-refractivity contribution in [3.8, 4) is 0 Å². The van der Waals surface area contributed by atoms with Crippen LogP contribution in [0.3, 0.4) is 0 Å². The van der Waals surface area contributed by atoms with Crippen LogP contribution in [-0.2, 0) is 0 Å². The average molecular weight is 166 g/mol. The van der Waals surface area contributed by atoms with Crippen molar-refractivity contribution in [1.29, 1.82) is 0 Å². The second kappa shape index (κ2) is 9.98. The molecular weight excluding hydrogens is 156 g/mol. The lowest BCUT2D eigenvalue weighted by molar-refractivity contribution is 0.960. The Bertz CT molecular complexity index is 428. The van der Waals surface area contributed by atoms with E-state index >= 15 is 0 Å². The minimum absolute atomic E-state index is 1.01. The molecule has 0 radical (unpaired) electrons. The van der Waals surface area contributed by atoms with E-state index in [0.717, 1.165) is 12.8 Å². The van der Waals surface area contributed by atoms with Gasteiger partial charge in [-0.25, -0.2) is 0 Å². The van der Waals surface area contributed by atoms with Crippen LogP contribution in [0.5, 0.6) is 0 Å². The smallest absolute Gasteiger partial charge is 0.0000226 e. The van der Waals surface area contributed by atoms with Crippen molar-refractivity contribution in [2.45, 2.75) is 19.8 Å². The Morgan fingerprint density at radius 3 is 2.23 bits per heavy atom. The van der Waals surface area contributed by atoms with Crippen molar-refractivity contribution < 1.29 is 0 Å². The summed E-state index contributed by atoms with van der Waals surface area (Å²) in [7, 11) is 0. The van der Waals surface area contributed by atoms with E-state index in [1.165, 1.54) is 0 Å². The van der Waals surface area contributed by atoms with Crippen LogP contribution in [-0.4, -0.2) is 0 Å². The molecule has 0 heterocycles. The maximum Gasteiger partial charge on any atom is -0.0000226 e. The SMILES string of the molecule is C=C=C=C=C=C=C=C=C=CCCC. The summed E-state index contributed by atoms with van der Waals surface area (Å²) in [4.78, 5) is 0. The summed E-state index contributed by atoms with van der Waals surface area (Å²) in [6.07, 6.45) is 4.02. The molecule has 0 unspecified atom stereocenters. The first-order valence-corrected chi connectivity index (χ1v) is 4.01. The molecule has 0 aromatic carbocycles. The van der Waals surface area contributed by atoms with Gasteiger partial charge in [-0.2, -0.15) is 0 Å². The highest BCUT2D eigenvalue weighted by Gasteiger charge is 1.65. The Balaban J connectivity index is 4.80. The number of allylic oxidation sites excluding steroid dienone is 1. The molecule has 0 heteroatoms. The van der Waals surface area contributed by atoms with Crippen molar-refractivity contribution in [2.75, 3.05) is 0 Å². The van der Waals surface area contributed by atoms with Crippen molar-refractivity contribution in [3.63, 3.8) is 0 Å². The molecular formula is C13H10. The largest absolute Gasteiger partial charge is 0.0687 e. The third-order valence-electron chi connectivity index (χ3n) is 1.01. The normalized spacial score (nSPS) is 5.31. The van der Waals surface area contributed by atoms with Gasteiger partial charge in [0.15, 0.2) is 0 Å². The minimum atomic E-state index is 1.01. The van der Waals surface area contributed by atoms with Crippen LogP contribution >= 0.6 is 0 Å². The summed E-state index contributed by atoms with van der Waals surface area (Å²) in [5.41, 5.74) is 20.6. The Morgan fingerprint density at radius 1 is 1.00 bits per heavy atom. The molecule has 0 bridgehead atoms. The van der Waals surface area contributed by atoms with Gasteiger partial charge in [-0.1, -0.05) is 24.8 Å². The van der Waals surface area contributed by atoms with Gasteiger partial charge in [-0.15, -0.1) is 0 Å². The maximum atomic E-state index is 3.31. The first kappa shape index (κ1) is 11.0. The molecule has 0 saturated heterocycles. The molecule has 0 aliphatic rings. The van der Waals surface area contributed by atoms with E-state index in [2.05, 4.69) is 59.4 Å². The van der Waals surface area contributed by atoms with Gasteiger partial charge in [0.2, 0.25) is 0 Å². The fraction of sp³-hybridized carbons (Fsp3) is 0.231. The molecule has 0 nitrogen and oxygen atoms in total. The summed E-state index contributed by atoms with van der Waals surface area (Å²) in [6.45, 7) is 5.41. The van der Waals surface area contributed by atoms with E-state index in [9.17, 15) is 0 Å². The van der Waals surface area contributed by atoms with Crippen LogP contribution in [0.25, 0.3) is 0 Å². The molecule has 0 amide bonds. The zero-order valence-corrected chi connectivity index (χ0v) is 7.70. The van der Waals surface area contributed by atoms with E-state index in [1.54, 1.807) is 0 Å². The van der Waals surface area contributed by atoms with Crippen molar-refractivity contribution in [2.24, 2.45) is 0 Å². The Labute approximate surface area is 78.9 Å². The second-order valence-electron chi connectivity index (χ2n) is 2.06. The molecule has 0 atom stereocenters. The van der Waals surface area contributed by atoms with Crippen LogP contribution in [0, 0.1) is 0 Å². The van der Waals surface area contributed by atoms with Crippen LogP contribution in [0.15, 0.2) is 58.5 Å².